The van der Waals surface area contributed by atoms with Crippen molar-refractivity contribution in [3.63, 3.8) is 0 Å². The predicted molar refractivity (Wildman–Crippen MR) is 125 cm³/mol. The van der Waals surface area contributed by atoms with Crippen molar-refractivity contribution in [2.75, 3.05) is 29.0 Å². The number of carbonyl (C=O) groups excluding carboxylic acids is 2. The molecule has 0 bridgehead atoms. The molecular weight excluding hydrogens is 422 g/mol. The molecule has 1 aromatic carbocycles. The van der Waals surface area contributed by atoms with Gasteiger partial charge in [0.05, 0.1) is 17.9 Å². The third kappa shape index (κ3) is 5.08. The quantitative estimate of drug-likeness (QED) is 0.527. The first kappa shape index (κ1) is 22.6. The van der Waals surface area contributed by atoms with Gasteiger partial charge < -0.3 is 20.6 Å². The summed E-state index contributed by atoms with van der Waals surface area (Å²) >= 11 is 0. The van der Waals surface area contributed by atoms with Crippen LogP contribution in [0.15, 0.2) is 30.5 Å². The fraction of sp³-hybridized carbons (Fsp3) is 0.417. The van der Waals surface area contributed by atoms with Gasteiger partial charge in [-0.3, -0.25) is 14.9 Å². The zero-order chi connectivity index (χ0) is 23.5. The van der Waals surface area contributed by atoms with Gasteiger partial charge in [-0.25, -0.2) is 9.78 Å². The fourth-order valence-corrected chi connectivity index (χ4v) is 4.62. The van der Waals surface area contributed by atoms with Crippen LogP contribution in [0.3, 0.4) is 0 Å². The van der Waals surface area contributed by atoms with Crippen LogP contribution in [-0.2, 0) is 16.0 Å². The first-order chi connectivity index (χ1) is 15.8. The fourth-order valence-electron chi connectivity index (χ4n) is 4.62. The number of nitrogens with one attached hydrogen (secondary N) is 3. The molecule has 3 heterocycles. The van der Waals surface area contributed by atoms with Gasteiger partial charge in [-0.1, -0.05) is 19.1 Å². The summed E-state index contributed by atoms with van der Waals surface area (Å²) in [6.45, 7) is 5.25. The summed E-state index contributed by atoms with van der Waals surface area (Å²) in [6.07, 6.45) is 4.00. The lowest BCUT2D eigenvalue weighted by atomic mass is 9.88. The van der Waals surface area contributed by atoms with Gasteiger partial charge in [0.15, 0.2) is 0 Å². The number of hydrogen-bond acceptors (Lipinski definition) is 5. The summed E-state index contributed by atoms with van der Waals surface area (Å²) in [6, 6.07) is 7.73. The molecular formula is C24H29N5O4. The molecule has 0 unspecified atom stereocenters. The van der Waals surface area contributed by atoms with E-state index in [9.17, 15) is 14.4 Å². The second kappa shape index (κ2) is 9.48. The zero-order valence-electron chi connectivity index (χ0n) is 18.9. The average molecular weight is 452 g/mol. The number of carbonyl (C=O) groups is 3. The minimum Gasteiger partial charge on any atom is -0.465 e. The van der Waals surface area contributed by atoms with Gasteiger partial charge in [-0.2, -0.15) is 0 Å². The molecule has 0 spiro atoms. The molecule has 1 aromatic heterocycles. The summed E-state index contributed by atoms with van der Waals surface area (Å²) in [5.41, 5.74) is 4.34. The smallest absolute Gasteiger partial charge is 0.410 e. The van der Waals surface area contributed by atoms with E-state index >= 15 is 0 Å². The molecule has 0 aliphatic carbocycles. The van der Waals surface area contributed by atoms with Crippen molar-refractivity contribution in [2.45, 2.75) is 45.6 Å². The molecule has 9 nitrogen and oxygen atoms in total. The highest BCUT2D eigenvalue weighted by atomic mass is 16.4. The number of benzene rings is 1. The monoisotopic (exact) mass is 451 g/mol. The molecule has 0 radical (unpaired) electrons. The lowest BCUT2D eigenvalue weighted by Gasteiger charge is -2.39. The van der Waals surface area contributed by atoms with Crippen LogP contribution in [0, 0.1) is 12.8 Å². The minimum atomic E-state index is -1.22. The summed E-state index contributed by atoms with van der Waals surface area (Å²) < 4.78 is 0. The molecule has 2 aliphatic heterocycles. The molecule has 9 heteroatoms. The largest absolute Gasteiger partial charge is 0.465 e. The SMILES string of the molecule is Cc1cc(NC(=O)C(=O)N2C[C@@H](C)CC[C@@H]2c2ccc3c(c2)CCCN3)cnc1NC(=O)O. The Balaban J connectivity index is 1.51. The number of nitrogens with zero attached hydrogens (tertiary/aromatic N) is 2. The van der Waals surface area contributed by atoms with Gasteiger partial charge in [0, 0.05) is 18.8 Å². The van der Waals surface area contributed by atoms with E-state index in [1.807, 2.05) is 0 Å². The van der Waals surface area contributed by atoms with E-state index in [2.05, 4.69) is 46.1 Å². The van der Waals surface area contributed by atoms with Gasteiger partial charge in [0.25, 0.3) is 0 Å². The lowest BCUT2D eigenvalue weighted by molar-refractivity contribution is -0.146. The molecule has 1 saturated heterocycles. The van der Waals surface area contributed by atoms with E-state index in [4.69, 9.17) is 5.11 Å². The van der Waals surface area contributed by atoms with Crippen LogP contribution < -0.4 is 16.0 Å². The Morgan fingerprint density at radius 3 is 2.76 bits per heavy atom. The molecule has 0 saturated carbocycles. The molecule has 174 valence electrons. The van der Waals surface area contributed by atoms with Gasteiger partial charge in [0.2, 0.25) is 0 Å². The van der Waals surface area contributed by atoms with Crippen LogP contribution in [-0.4, -0.2) is 46.0 Å². The number of anilines is 3. The highest BCUT2D eigenvalue weighted by Gasteiger charge is 2.34. The first-order valence-corrected chi connectivity index (χ1v) is 11.3. The Morgan fingerprint density at radius 2 is 2.00 bits per heavy atom. The van der Waals surface area contributed by atoms with E-state index in [0.717, 1.165) is 43.5 Å². The van der Waals surface area contributed by atoms with Crippen LogP contribution >= 0.6 is 0 Å². The van der Waals surface area contributed by atoms with Crippen LogP contribution in [0.25, 0.3) is 0 Å². The number of aromatic nitrogens is 1. The van der Waals surface area contributed by atoms with Crippen molar-refractivity contribution in [3.05, 3.63) is 47.2 Å². The predicted octanol–water partition coefficient (Wildman–Crippen LogP) is 3.78. The van der Waals surface area contributed by atoms with Crippen molar-refractivity contribution < 1.29 is 19.5 Å². The maximum Gasteiger partial charge on any atom is 0.410 e. The number of aryl methyl sites for hydroxylation is 2. The van der Waals surface area contributed by atoms with Crippen molar-refractivity contribution >= 4 is 35.1 Å². The normalized spacial score (nSPS) is 19.8. The van der Waals surface area contributed by atoms with Gasteiger partial charge in [0.1, 0.15) is 5.82 Å². The molecule has 2 aliphatic rings. The van der Waals surface area contributed by atoms with Crippen LogP contribution in [0.5, 0.6) is 0 Å². The molecule has 4 rings (SSSR count). The molecule has 2 aromatic rings. The molecule has 3 amide bonds. The summed E-state index contributed by atoms with van der Waals surface area (Å²) in [5.74, 6) is -0.817. The maximum atomic E-state index is 13.2. The number of likely N-dealkylation sites (tertiary alicyclic amines) is 1. The number of pyridine rings is 1. The molecule has 2 atom stereocenters. The topological polar surface area (TPSA) is 124 Å². The van der Waals surface area contributed by atoms with Crippen molar-refractivity contribution in [1.82, 2.24) is 9.88 Å². The molecule has 4 N–H and O–H groups in total. The van der Waals surface area contributed by atoms with E-state index in [1.54, 1.807) is 17.9 Å². The maximum absolute atomic E-state index is 13.2. The average Bonchev–Trinajstić information content (AvgIpc) is 2.79. The van der Waals surface area contributed by atoms with Crippen LogP contribution in [0.1, 0.15) is 48.9 Å². The number of fused-ring (bicyclic) bond motifs is 1. The van der Waals surface area contributed by atoms with E-state index in [0.29, 0.717) is 23.7 Å². The van der Waals surface area contributed by atoms with Crippen molar-refractivity contribution in [3.8, 4) is 0 Å². The van der Waals surface area contributed by atoms with Crippen LogP contribution in [0.2, 0.25) is 0 Å². The Bertz CT molecular complexity index is 1090. The van der Waals surface area contributed by atoms with Crippen LogP contribution in [0.4, 0.5) is 22.0 Å². The summed E-state index contributed by atoms with van der Waals surface area (Å²) in [5, 5.41) is 17.1. The Hall–Kier alpha value is -3.62. The second-order valence-electron chi connectivity index (χ2n) is 8.88. The van der Waals surface area contributed by atoms with Crippen molar-refractivity contribution in [2.24, 2.45) is 5.92 Å². The van der Waals surface area contributed by atoms with Gasteiger partial charge in [-0.15, -0.1) is 0 Å². The third-order valence-corrected chi connectivity index (χ3v) is 6.29. The van der Waals surface area contributed by atoms with E-state index in [-0.39, 0.29) is 11.9 Å². The minimum absolute atomic E-state index is 0.145. The Morgan fingerprint density at radius 1 is 1.18 bits per heavy atom. The van der Waals surface area contributed by atoms with Gasteiger partial charge in [-0.05, 0) is 67.3 Å². The highest BCUT2D eigenvalue weighted by molar-refractivity contribution is 6.39. The first-order valence-electron chi connectivity index (χ1n) is 11.3. The number of amides is 3. The summed E-state index contributed by atoms with van der Waals surface area (Å²) in [7, 11) is 0. The van der Waals surface area contributed by atoms with E-state index in [1.165, 1.54) is 11.8 Å². The summed E-state index contributed by atoms with van der Waals surface area (Å²) in [4.78, 5) is 42.6. The highest BCUT2D eigenvalue weighted by Crippen LogP contribution is 2.36. The van der Waals surface area contributed by atoms with Gasteiger partial charge >= 0.3 is 17.9 Å². The number of rotatable bonds is 3. The lowest BCUT2D eigenvalue weighted by Crippen LogP contribution is -2.46. The number of hydrogen-bond donors (Lipinski definition) is 4. The Labute approximate surface area is 192 Å². The number of carboxylic acid groups (broad SMARTS) is 1. The third-order valence-electron chi connectivity index (χ3n) is 6.29. The Kier molecular flexibility index (Phi) is 6.48. The standard InChI is InChI=1S/C24H29N5O4/c1-14-5-8-20(17-6-7-19-16(11-17)4-3-9-25-19)29(13-14)23(31)22(30)27-18-10-15(2)21(26-12-18)28-24(32)33/h6-7,10-12,14,20,25H,3-5,8-9,13H2,1-2H3,(H,26,28)(H,27,30)(H,32,33)/t14-,20+/m0/s1. The van der Waals surface area contributed by atoms with Crippen molar-refractivity contribution in [1.29, 1.82) is 0 Å². The zero-order valence-corrected chi connectivity index (χ0v) is 18.9. The molecule has 1 fully saturated rings. The van der Waals surface area contributed by atoms with E-state index < -0.39 is 17.9 Å². The molecule has 33 heavy (non-hydrogen) atoms. The second-order valence-corrected chi connectivity index (χ2v) is 8.88. The number of piperidine rings is 1.